The second-order valence-electron chi connectivity index (χ2n) is 4.21. The van der Waals surface area contributed by atoms with Gasteiger partial charge in [-0.25, -0.2) is 4.39 Å². The number of rotatable bonds is 3. The Balaban J connectivity index is 1.82. The number of ether oxygens (including phenoxy) is 1. The minimum Gasteiger partial charge on any atom is -0.381 e. The molecule has 0 saturated carbocycles. The molecule has 1 aliphatic rings. The van der Waals surface area contributed by atoms with E-state index in [9.17, 15) is 4.39 Å². The average Bonchev–Trinajstić information content (AvgIpc) is 2.73. The van der Waals surface area contributed by atoms with E-state index >= 15 is 0 Å². The summed E-state index contributed by atoms with van der Waals surface area (Å²) < 4.78 is 20.4. The van der Waals surface area contributed by atoms with Crippen molar-refractivity contribution >= 4 is 0 Å². The predicted molar refractivity (Wildman–Crippen MR) is 59.7 cm³/mol. The fraction of sp³-hybridized carbons (Fsp3) is 0.333. The largest absolute Gasteiger partial charge is 0.381 e. The first-order valence-corrected chi connectivity index (χ1v) is 5.53. The number of aromatic nitrogens is 3. The smallest absolute Gasteiger partial charge is 0.149 e. The zero-order chi connectivity index (χ0) is 11.7. The molecule has 0 aromatic carbocycles. The van der Waals surface area contributed by atoms with Crippen molar-refractivity contribution in [2.75, 3.05) is 13.2 Å². The summed E-state index contributed by atoms with van der Waals surface area (Å²) in [4.78, 5) is 3.73. The van der Waals surface area contributed by atoms with Crippen LogP contribution in [0.5, 0.6) is 0 Å². The highest BCUT2D eigenvalue weighted by molar-refractivity contribution is 5.61. The molecule has 0 aliphatic carbocycles. The Morgan fingerprint density at radius 1 is 1.41 bits per heavy atom. The Morgan fingerprint density at radius 2 is 2.29 bits per heavy atom. The van der Waals surface area contributed by atoms with Crippen molar-refractivity contribution in [1.29, 1.82) is 0 Å². The van der Waals surface area contributed by atoms with Crippen molar-refractivity contribution in [2.24, 2.45) is 5.92 Å². The molecule has 2 aromatic heterocycles. The zero-order valence-electron chi connectivity index (χ0n) is 9.21. The number of hydrogen-bond donors (Lipinski definition) is 0. The summed E-state index contributed by atoms with van der Waals surface area (Å²) in [5.74, 6) is 0.212. The lowest BCUT2D eigenvalue weighted by molar-refractivity contribution is -0.0408. The predicted octanol–water partition coefficient (Wildman–Crippen LogP) is 1.73. The maximum absolute atomic E-state index is 13.5. The third kappa shape index (κ3) is 2.06. The van der Waals surface area contributed by atoms with Gasteiger partial charge in [-0.1, -0.05) is 0 Å². The Morgan fingerprint density at radius 3 is 3.00 bits per heavy atom. The molecule has 0 unspecified atom stereocenters. The molecular formula is C12H12FN3O. The molecule has 4 nitrogen and oxygen atoms in total. The van der Waals surface area contributed by atoms with E-state index < -0.39 is 0 Å². The molecule has 1 saturated heterocycles. The summed E-state index contributed by atoms with van der Waals surface area (Å²) in [6, 6.07) is 1.66. The molecular weight excluding hydrogens is 221 g/mol. The first-order valence-electron chi connectivity index (χ1n) is 5.53. The second-order valence-corrected chi connectivity index (χ2v) is 4.21. The summed E-state index contributed by atoms with van der Waals surface area (Å²) in [7, 11) is 0. The molecule has 2 aromatic rings. The first-order chi connectivity index (χ1) is 8.33. The van der Waals surface area contributed by atoms with Crippen LogP contribution in [0.4, 0.5) is 4.39 Å². The van der Waals surface area contributed by atoms with Crippen LogP contribution < -0.4 is 0 Å². The fourth-order valence-electron chi connectivity index (χ4n) is 1.87. The van der Waals surface area contributed by atoms with Crippen molar-refractivity contribution in [3.63, 3.8) is 0 Å². The fourth-order valence-corrected chi connectivity index (χ4v) is 1.87. The van der Waals surface area contributed by atoms with Crippen LogP contribution in [0, 0.1) is 11.7 Å². The van der Waals surface area contributed by atoms with Crippen molar-refractivity contribution in [3.8, 4) is 11.1 Å². The van der Waals surface area contributed by atoms with Gasteiger partial charge in [0.05, 0.1) is 25.6 Å². The molecule has 0 radical (unpaired) electrons. The van der Waals surface area contributed by atoms with Gasteiger partial charge >= 0.3 is 0 Å². The van der Waals surface area contributed by atoms with Crippen molar-refractivity contribution < 1.29 is 9.13 Å². The molecule has 1 fully saturated rings. The lowest BCUT2D eigenvalue weighted by atomic mass is 10.1. The van der Waals surface area contributed by atoms with Gasteiger partial charge in [0.1, 0.15) is 5.82 Å². The van der Waals surface area contributed by atoms with Gasteiger partial charge in [-0.2, -0.15) is 5.10 Å². The number of halogens is 1. The minimum absolute atomic E-state index is 0.320. The monoisotopic (exact) mass is 233 g/mol. The van der Waals surface area contributed by atoms with E-state index in [2.05, 4.69) is 10.1 Å². The van der Waals surface area contributed by atoms with Crippen LogP contribution in [0.15, 0.2) is 30.9 Å². The molecule has 0 spiro atoms. The van der Waals surface area contributed by atoms with Crippen molar-refractivity contribution in [2.45, 2.75) is 6.54 Å². The molecule has 0 amide bonds. The lowest BCUT2D eigenvalue weighted by Crippen LogP contribution is -2.31. The first kappa shape index (κ1) is 10.4. The second kappa shape index (κ2) is 4.25. The molecule has 17 heavy (non-hydrogen) atoms. The van der Waals surface area contributed by atoms with Crippen LogP contribution >= 0.6 is 0 Å². The highest BCUT2D eigenvalue weighted by Crippen LogP contribution is 2.21. The van der Waals surface area contributed by atoms with E-state index in [1.807, 2.05) is 10.9 Å². The molecule has 1 aliphatic heterocycles. The van der Waals surface area contributed by atoms with Crippen LogP contribution in [-0.4, -0.2) is 28.0 Å². The van der Waals surface area contributed by atoms with Gasteiger partial charge in [-0.15, -0.1) is 0 Å². The maximum atomic E-state index is 13.5. The molecule has 3 heterocycles. The maximum Gasteiger partial charge on any atom is 0.149 e. The molecule has 0 bridgehead atoms. The Bertz CT molecular complexity index is 522. The van der Waals surface area contributed by atoms with Crippen LogP contribution in [0.1, 0.15) is 0 Å². The minimum atomic E-state index is -0.320. The van der Waals surface area contributed by atoms with Crippen LogP contribution in [0.2, 0.25) is 0 Å². The molecule has 3 rings (SSSR count). The van der Waals surface area contributed by atoms with Gasteiger partial charge in [0.15, 0.2) is 0 Å². The van der Waals surface area contributed by atoms with Crippen LogP contribution in [0.3, 0.4) is 0 Å². The molecule has 0 atom stereocenters. The van der Waals surface area contributed by atoms with E-state index in [0.717, 1.165) is 25.3 Å². The SMILES string of the molecule is Fc1cnccc1-c1cnn(CC2COC2)c1. The Hall–Kier alpha value is -1.75. The van der Waals surface area contributed by atoms with E-state index in [4.69, 9.17) is 4.74 Å². The van der Waals surface area contributed by atoms with Gasteiger partial charge in [0, 0.05) is 36.0 Å². The molecule has 5 heteroatoms. The summed E-state index contributed by atoms with van der Waals surface area (Å²) in [5.41, 5.74) is 1.32. The van der Waals surface area contributed by atoms with Crippen molar-refractivity contribution in [1.82, 2.24) is 14.8 Å². The topological polar surface area (TPSA) is 39.9 Å². The van der Waals surface area contributed by atoms with Crippen LogP contribution in [-0.2, 0) is 11.3 Å². The zero-order valence-corrected chi connectivity index (χ0v) is 9.21. The third-order valence-electron chi connectivity index (χ3n) is 2.87. The molecule has 88 valence electrons. The quantitative estimate of drug-likeness (QED) is 0.810. The van der Waals surface area contributed by atoms with Gasteiger partial charge in [0.2, 0.25) is 0 Å². The van der Waals surface area contributed by atoms with E-state index in [0.29, 0.717) is 11.5 Å². The van der Waals surface area contributed by atoms with E-state index in [-0.39, 0.29) is 5.82 Å². The van der Waals surface area contributed by atoms with Gasteiger partial charge < -0.3 is 4.74 Å². The average molecular weight is 233 g/mol. The van der Waals surface area contributed by atoms with Crippen molar-refractivity contribution in [3.05, 3.63) is 36.7 Å². The Labute approximate surface area is 98.0 Å². The highest BCUT2D eigenvalue weighted by atomic mass is 19.1. The van der Waals surface area contributed by atoms with Gasteiger partial charge in [-0.05, 0) is 6.07 Å². The third-order valence-corrected chi connectivity index (χ3v) is 2.87. The number of pyridine rings is 1. The lowest BCUT2D eigenvalue weighted by Gasteiger charge is -2.25. The highest BCUT2D eigenvalue weighted by Gasteiger charge is 2.19. The number of hydrogen-bond acceptors (Lipinski definition) is 3. The summed E-state index contributed by atoms with van der Waals surface area (Å²) in [6.45, 7) is 2.41. The van der Waals surface area contributed by atoms with Gasteiger partial charge in [-0.3, -0.25) is 9.67 Å². The Kier molecular flexibility index (Phi) is 2.60. The van der Waals surface area contributed by atoms with Gasteiger partial charge in [0.25, 0.3) is 0 Å². The summed E-state index contributed by atoms with van der Waals surface area (Å²) >= 11 is 0. The normalized spacial score (nSPS) is 15.8. The van der Waals surface area contributed by atoms with E-state index in [1.54, 1.807) is 18.5 Å². The standard InChI is InChI=1S/C12H12FN3O/c13-12-4-14-2-1-11(12)10-3-15-16(6-10)5-9-7-17-8-9/h1-4,6,9H,5,7-8H2. The summed E-state index contributed by atoms with van der Waals surface area (Å²) in [6.07, 6.45) is 6.33. The van der Waals surface area contributed by atoms with Crippen LogP contribution in [0.25, 0.3) is 11.1 Å². The summed E-state index contributed by atoms with van der Waals surface area (Å²) in [5, 5.41) is 4.23. The number of nitrogens with zero attached hydrogens (tertiary/aromatic N) is 3. The van der Waals surface area contributed by atoms with E-state index in [1.165, 1.54) is 6.20 Å². The molecule has 0 N–H and O–H groups in total.